The van der Waals surface area contributed by atoms with Gasteiger partial charge in [-0.25, -0.2) is 0 Å². The molecule has 1 saturated heterocycles. The van der Waals surface area contributed by atoms with E-state index in [0.717, 1.165) is 30.7 Å². The normalized spacial score (nSPS) is 32.3. The Hall–Kier alpha value is -2.08. The fraction of sp³-hybridized carbons (Fsp3) is 0.619. The highest BCUT2D eigenvalue weighted by Crippen LogP contribution is 2.58. The molecular weight excluding hydrogens is 346 g/mol. The van der Waals surface area contributed by atoms with Crippen molar-refractivity contribution in [2.24, 2.45) is 5.92 Å². The molecule has 6 heteroatoms. The molecule has 1 aromatic rings. The van der Waals surface area contributed by atoms with Crippen molar-refractivity contribution in [3.05, 3.63) is 23.3 Å². The number of methoxy groups -OCH3 is 2. The van der Waals surface area contributed by atoms with Crippen LogP contribution < -0.4 is 9.47 Å². The predicted molar refractivity (Wildman–Crippen MR) is 99.2 cm³/mol. The lowest BCUT2D eigenvalue weighted by Crippen LogP contribution is -2.63. The maximum atomic E-state index is 13.0. The average molecular weight is 373 g/mol. The van der Waals surface area contributed by atoms with Gasteiger partial charge in [0.2, 0.25) is 0 Å². The second-order valence-corrected chi connectivity index (χ2v) is 8.08. The zero-order valence-corrected chi connectivity index (χ0v) is 16.4. The minimum atomic E-state index is -0.632. The molecule has 2 fully saturated rings. The Labute approximate surface area is 159 Å². The molecule has 2 bridgehead atoms. The largest absolute Gasteiger partial charge is 0.493 e. The summed E-state index contributed by atoms with van der Waals surface area (Å²) in [6.45, 7) is 2.31. The molecule has 4 atom stereocenters. The van der Waals surface area contributed by atoms with E-state index < -0.39 is 12.1 Å². The molecule has 0 amide bonds. The van der Waals surface area contributed by atoms with Crippen LogP contribution in [-0.2, 0) is 26.2 Å². The molecule has 0 unspecified atom stereocenters. The number of esters is 1. The Morgan fingerprint density at radius 3 is 2.70 bits per heavy atom. The highest BCUT2D eigenvalue weighted by molar-refractivity contribution is 5.88. The molecule has 0 radical (unpaired) electrons. The second kappa shape index (κ2) is 6.51. The van der Waals surface area contributed by atoms with Gasteiger partial charge < -0.3 is 19.1 Å². The summed E-state index contributed by atoms with van der Waals surface area (Å²) in [6, 6.07) is 4.40. The van der Waals surface area contributed by atoms with Crippen LogP contribution in [0.1, 0.15) is 37.3 Å². The van der Waals surface area contributed by atoms with Crippen molar-refractivity contribution in [1.82, 2.24) is 4.90 Å². The van der Waals surface area contributed by atoms with Gasteiger partial charge in [0.25, 0.3) is 0 Å². The molecule has 3 aliphatic rings. The minimum absolute atomic E-state index is 0.0162. The lowest BCUT2D eigenvalue weighted by molar-refractivity contribution is -0.161. The van der Waals surface area contributed by atoms with Gasteiger partial charge in [0.05, 0.1) is 14.2 Å². The molecule has 1 saturated carbocycles. The Balaban J connectivity index is 1.87. The number of ketones is 1. The maximum Gasteiger partial charge on any atom is 0.303 e. The number of rotatable bonds is 3. The average Bonchev–Trinajstić information content (AvgIpc) is 2.64. The fourth-order valence-electron chi connectivity index (χ4n) is 5.71. The molecule has 146 valence electrons. The summed E-state index contributed by atoms with van der Waals surface area (Å²) in [5.74, 6) is 1.32. The van der Waals surface area contributed by atoms with Gasteiger partial charge in [-0.15, -0.1) is 0 Å². The van der Waals surface area contributed by atoms with Crippen LogP contribution in [0.4, 0.5) is 0 Å². The first kappa shape index (κ1) is 18.3. The molecule has 4 rings (SSSR count). The summed E-state index contributed by atoms with van der Waals surface area (Å²) < 4.78 is 16.7. The molecule has 1 heterocycles. The van der Waals surface area contributed by atoms with Crippen LogP contribution in [0.25, 0.3) is 0 Å². The van der Waals surface area contributed by atoms with Crippen molar-refractivity contribution in [2.75, 3.05) is 27.8 Å². The van der Waals surface area contributed by atoms with E-state index in [-0.39, 0.29) is 17.1 Å². The van der Waals surface area contributed by atoms with E-state index in [0.29, 0.717) is 24.6 Å². The minimum Gasteiger partial charge on any atom is -0.493 e. The number of ether oxygens (including phenoxy) is 3. The molecule has 27 heavy (non-hydrogen) atoms. The van der Waals surface area contributed by atoms with Gasteiger partial charge >= 0.3 is 5.97 Å². The summed E-state index contributed by atoms with van der Waals surface area (Å²) in [4.78, 5) is 26.8. The first-order valence-corrected chi connectivity index (χ1v) is 9.55. The van der Waals surface area contributed by atoms with E-state index in [1.165, 1.54) is 12.5 Å². The Kier molecular flexibility index (Phi) is 4.41. The Morgan fingerprint density at radius 1 is 1.26 bits per heavy atom. The van der Waals surface area contributed by atoms with Crippen LogP contribution in [0.2, 0.25) is 0 Å². The SMILES string of the molecule is COc1ccc2c(c1OC)[C@@]13CCN(C)[C@@H](C2)[C@H]1C[C@H](OC(C)=O)C(=O)C3. The van der Waals surface area contributed by atoms with Crippen LogP contribution >= 0.6 is 0 Å². The summed E-state index contributed by atoms with van der Waals surface area (Å²) in [5, 5.41) is 0. The third kappa shape index (κ3) is 2.64. The number of Topliss-reactive ketones (excluding diaryl/α,β-unsaturated/α-hetero) is 1. The summed E-state index contributed by atoms with van der Waals surface area (Å²) in [6.07, 6.45) is 2.12. The molecular formula is C21H27NO5. The van der Waals surface area contributed by atoms with Gasteiger partial charge in [0.15, 0.2) is 23.4 Å². The number of piperidine rings is 1. The van der Waals surface area contributed by atoms with Crippen LogP contribution in [0.5, 0.6) is 11.5 Å². The number of likely N-dealkylation sites (N-methyl/N-ethyl adjacent to an activating group) is 1. The van der Waals surface area contributed by atoms with Gasteiger partial charge in [0.1, 0.15) is 0 Å². The summed E-state index contributed by atoms with van der Waals surface area (Å²) in [5.41, 5.74) is 2.09. The van der Waals surface area contributed by atoms with Crippen molar-refractivity contribution in [2.45, 2.75) is 50.2 Å². The van der Waals surface area contributed by atoms with Gasteiger partial charge in [0, 0.05) is 30.4 Å². The topological polar surface area (TPSA) is 65.1 Å². The van der Waals surface area contributed by atoms with Gasteiger partial charge in [-0.2, -0.15) is 0 Å². The van der Waals surface area contributed by atoms with Crippen molar-refractivity contribution in [3.8, 4) is 11.5 Å². The van der Waals surface area contributed by atoms with Crippen molar-refractivity contribution >= 4 is 11.8 Å². The molecule has 0 aromatic heterocycles. The first-order chi connectivity index (χ1) is 12.9. The molecule has 0 spiro atoms. The molecule has 6 nitrogen and oxygen atoms in total. The van der Waals surface area contributed by atoms with Crippen LogP contribution in [0.15, 0.2) is 12.1 Å². The number of fused-ring (bicyclic) bond motifs is 1. The van der Waals surface area contributed by atoms with Crippen molar-refractivity contribution in [1.29, 1.82) is 0 Å². The smallest absolute Gasteiger partial charge is 0.303 e. The number of carbonyl (C=O) groups is 2. The standard InChI is InChI=1S/C21H27NO5/c1-12(23)27-18-10-14-15-9-13-5-6-17(25-3)20(26-4)19(13)21(14,11-16(18)24)7-8-22(15)2/h5-6,14-15,18H,7-11H2,1-4H3/t14-,15+,18+,21-/m1/s1. The van der Waals surface area contributed by atoms with Crippen molar-refractivity contribution in [3.63, 3.8) is 0 Å². The quantitative estimate of drug-likeness (QED) is 0.756. The number of hydrogen-bond acceptors (Lipinski definition) is 6. The summed E-state index contributed by atoms with van der Waals surface area (Å²) >= 11 is 0. The molecule has 0 N–H and O–H groups in total. The van der Waals surface area contributed by atoms with Gasteiger partial charge in [-0.05, 0) is 50.4 Å². The summed E-state index contributed by atoms with van der Waals surface area (Å²) in [7, 11) is 5.46. The van der Waals surface area contributed by atoms with E-state index in [9.17, 15) is 9.59 Å². The van der Waals surface area contributed by atoms with Gasteiger partial charge in [-0.1, -0.05) is 6.07 Å². The lowest BCUT2D eigenvalue weighted by atomic mass is 9.51. The molecule has 1 aromatic carbocycles. The predicted octanol–water partition coefficient (Wildman–Crippen LogP) is 2.11. The highest BCUT2D eigenvalue weighted by Gasteiger charge is 2.59. The molecule has 2 aliphatic carbocycles. The highest BCUT2D eigenvalue weighted by atomic mass is 16.5. The van der Waals surface area contributed by atoms with E-state index in [1.807, 2.05) is 6.07 Å². The lowest BCUT2D eigenvalue weighted by Gasteiger charge is -2.58. The van der Waals surface area contributed by atoms with E-state index in [4.69, 9.17) is 14.2 Å². The van der Waals surface area contributed by atoms with Gasteiger partial charge in [-0.3, -0.25) is 9.59 Å². The number of nitrogens with zero attached hydrogens (tertiary/aromatic N) is 1. The van der Waals surface area contributed by atoms with E-state index in [1.54, 1.807) is 14.2 Å². The third-order valence-corrected chi connectivity index (χ3v) is 6.83. The Bertz CT molecular complexity index is 791. The fourth-order valence-corrected chi connectivity index (χ4v) is 5.71. The van der Waals surface area contributed by atoms with Crippen LogP contribution in [0, 0.1) is 5.92 Å². The molecule has 1 aliphatic heterocycles. The second-order valence-electron chi connectivity index (χ2n) is 8.08. The number of benzene rings is 1. The van der Waals surface area contributed by atoms with E-state index >= 15 is 0 Å². The maximum absolute atomic E-state index is 13.0. The number of carbonyl (C=O) groups excluding carboxylic acids is 2. The Morgan fingerprint density at radius 2 is 2.04 bits per heavy atom. The van der Waals surface area contributed by atoms with Crippen LogP contribution in [-0.4, -0.2) is 56.6 Å². The number of hydrogen-bond donors (Lipinski definition) is 0. The zero-order chi connectivity index (χ0) is 19.3. The number of likely N-dealkylation sites (tertiary alicyclic amines) is 1. The third-order valence-electron chi connectivity index (χ3n) is 6.83. The van der Waals surface area contributed by atoms with E-state index in [2.05, 4.69) is 18.0 Å². The zero-order valence-electron chi connectivity index (χ0n) is 16.4. The van der Waals surface area contributed by atoms with Crippen LogP contribution in [0.3, 0.4) is 0 Å². The van der Waals surface area contributed by atoms with Crippen molar-refractivity contribution < 1.29 is 23.8 Å². The monoisotopic (exact) mass is 373 g/mol. The first-order valence-electron chi connectivity index (χ1n) is 9.55.